The highest BCUT2D eigenvalue weighted by Crippen LogP contribution is 2.38. The normalized spacial score (nSPS) is 10.8. The molecule has 0 unspecified atom stereocenters. The standard InChI is InChI=1S/C19H17NO4S2/c1-22-16-5-3-4-15(18(16)23-2)19-20-14(12-26-19)10-24-17(21)7-6-13-8-9-25-11-13/h3-9,11-12H,10H2,1-2H3/b7-6+. The van der Waals surface area contributed by atoms with Gasteiger partial charge in [-0.1, -0.05) is 6.07 Å². The minimum Gasteiger partial charge on any atom is -0.493 e. The van der Waals surface area contributed by atoms with E-state index >= 15 is 0 Å². The average molecular weight is 387 g/mol. The van der Waals surface area contributed by atoms with Gasteiger partial charge in [0.05, 0.1) is 25.5 Å². The average Bonchev–Trinajstić information content (AvgIpc) is 3.35. The number of carbonyl (C=O) groups excluding carboxylic acids is 1. The Bertz CT molecular complexity index is 900. The summed E-state index contributed by atoms with van der Waals surface area (Å²) in [6.45, 7) is 0.121. The van der Waals surface area contributed by atoms with E-state index in [0.717, 1.165) is 16.1 Å². The maximum absolute atomic E-state index is 11.8. The van der Waals surface area contributed by atoms with E-state index in [9.17, 15) is 4.79 Å². The number of methoxy groups -OCH3 is 2. The number of benzene rings is 1. The number of rotatable bonds is 7. The van der Waals surface area contributed by atoms with Crippen molar-refractivity contribution in [2.45, 2.75) is 6.61 Å². The largest absolute Gasteiger partial charge is 0.493 e. The molecule has 2 heterocycles. The highest BCUT2D eigenvalue weighted by Gasteiger charge is 2.15. The Morgan fingerprint density at radius 1 is 1.19 bits per heavy atom. The fourth-order valence-electron chi connectivity index (χ4n) is 2.28. The number of thiazole rings is 1. The third kappa shape index (κ3) is 4.30. The van der Waals surface area contributed by atoms with Gasteiger partial charge < -0.3 is 14.2 Å². The Kier molecular flexibility index (Phi) is 6.04. The highest BCUT2D eigenvalue weighted by atomic mass is 32.1. The molecule has 3 rings (SSSR count). The molecule has 0 radical (unpaired) electrons. The van der Waals surface area contributed by atoms with Gasteiger partial charge in [0.15, 0.2) is 11.5 Å². The van der Waals surface area contributed by atoms with Gasteiger partial charge in [-0.3, -0.25) is 0 Å². The highest BCUT2D eigenvalue weighted by molar-refractivity contribution is 7.13. The number of aromatic nitrogens is 1. The minimum atomic E-state index is -0.398. The first kappa shape index (κ1) is 18.2. The van der Waals surface area contributed by atoms with E-state index in [1.807, 2.05) is 40.4 Å². The van der Waals surface area contributed by atoms with Gasteiger partial charge in [0, 0.05) is 11.5 Å². The van der Waals surface area contributed by atoms with Crippen LogP contribution in [-0.2, 0) is 16.1 Å². The lowest BCUT2D eigenvalue weighted by Crippen LogP contribution is -2.01. The molecule has 26 heavy (non-hydrogen) atoms. The van der Waals surface area contributed by atoms with Crippen molar-refractivity contribution in [2.75, 3.05) is 14.2 Å². The zero-order chi connectivity index (χ0) is 18.4. The maximum atomic E-state index is 11.8. The molecule has 0 aliphatic heterocycles. The number of carbonyl (C=O) groups is 1. The first-order chi connectivity index (χ1) is 12.7. The molecule has 0 saturated heterocycles. The summed E-state index contributed by atoms with van der Waals surface area (Å²) in [5.41, 5.74) is 2.51. The second kappa shape index (κ2) is 8.64. The van der Waals surface area contributed by atoms with E-state index in [1.165, 1.54) is 17.4 Å². The first-order valence-electron chi connectivity index (χ1n) is 7.74. The van der Waals surface area contributed by atoms with Crippen LogP contribution in [0.3, 0.4) is 0 Å². The van der Waals surface area contributed by atoms with Crippen LogP contribution in [0.25, 0.3) is 16.6 Å². The summed E-state index contributed by atoms with van der Waals surface area (Å²) >= 11 is 3.04. The fourth-order valence-corrected chi connectivity index (χ4v) is 3.73. The topological polar surface area (TPSA) is 57.7 Å². The Morgan fingerprint density at radius 3 is 2.81 bits per heavy atom. The second-order valence-electron chi connectivity index (χ2n) is 5.18. The molecule has 0 amide bonds. The van der Waals surface area contributed by atoms with Crippen molar-refractivity contribution in [2.24, 2.45) is 0 Å². The van der Waals surface area contributed by atoms with Gasteiger partial charge >= 0.3 is 5.97 Å². The molecule has 0 saturated carbocycles. The van der Waals surface area contributed by atoms with Gasteiger partial charge in [-0.2, -0.15) is 11.3 Å². The lowest BCUT2D eigenvalue weighted by atomic mass is 10.2. The number of para-hydroxylation sites is 1. The summed E-state index contributed by atoms with van der Waals surface area (Å²) in [5.74, 6) is 0.878. The fraction of sp³-hybridized carbons (Fsp3) is 0.158. The summed E-state index contributed by atoms with van der Waals surface area (Å²) in [4.78, 5) is 16.3. The van der Waals surface area contributed by atoms with Gasteiger partial charge in [-0.05, 0) is 40.6 Å². The molecule has 0 fully saturated rings. The van der Waals surface area contributed by atoms with Crippen molar-refractivity contribution in [3.63, 3.8) is 0 Å². The number of nitrogens with zero attached hydrogens (tertiary/aromatic N) is 1. The van der Waals surface area contributed by atoms with Gasteiger partial charge in [-0.15, -0.1) is 11.3 Å². The Labute approximate surface area is 159 Å². The van der Waals surface area contributed by atoms with Gasteiger partial charge in [-0.25, -0.2) is 9.78 Å². The van der Waals surface area contributed by atoms with Crippen LogP contribution >= 0.6 is 22.7 Å². The number of thiophene rings is 1. The molecule has 0 N–H and O–H groups in total. The first-order valence-corrected chi connectivity index (χ1v) is 9.56. The van der Waals surface area contributed by atoms with E-state index < -0.39 is 5.97 Å². The van der Waals surface area contributed by atoms with Crippen LogP contribution in [0.5, 0.6) is 11.5 Å². The zero-order valence-electron chi connectivity index (χ0n) is 14.3. The van der Waals surface area contributed by atoms with E-state index in [2.05, 4.69) is 4.98 Å². The Hall–Kier alpha value is -2.64. The van der Waals surface area contributed by atoms with Crippen molar-refractivity contribution in [3.05, 3.63) is 57.7 Å². The smallest absolute Gasteiger partial charge is 0.331 e. The molecule has 5 nitrogen and oxygen atoms in total. The molecular formula is C19H17NO4S2. The number of hydrogen-bond acceptors (Lipinski definition) is 7. The van der Waals surface area contributed by atoms with Crippen molar-refractivity contribution in [1.82, 2.24) is 4.98 Å². The van der Waals surface area contributed by atoms with Crippen molar-refractivity contribution >= 4 is 34.7 Å². The molecule has 3 aromatic rings. The molecule has 0 aliphatic rings. The summed E-state index contributed by atoms with van der Waals surface area (Å²) in [6, 6.07) is 7.56. The van der Waals surface area contributed by atoms with Crippen molar-refractivity contribution in [3.8, 4) is 22.1 Å². The number of ether oxygens (including phenoxy) is 3. The van der Waals surface area contributed by atoms with Crippen LogP contribution in [-0.4, -0.2) is 25.2 Å². The lowest BCUT2D eigenvalue weighted by molar-refractivity contribution is -0.139. The SMILES string of the molecule is COc1cccc(-c2nc(COC(=O)/C=C/c3ccsc3)cs2)c1OC. The number of hydrogen-bond donors (Lipinski definition) is 0. The summed E-state index contributed by atoms with van der Waals surface area (Å²) in [5, 5.41) is 6.55. The van der Waals surface area contributed by atoms with Crippen LogP contribution in [0.15, 0.2) is 46.5 Å². The van der Waals surface area contributed by atoms with Crippen LogP contribution < -0.4 is 9.47 Å². The van der Waals surface area contributed by atoms with E-state index in [0.29, 0.717) is 17.2 Å². The van der Waals surface area contributed by atoms with E-state index in [1.54, 1.807) is 31.6 Å². The van der Waals surface area contributed by atoms with E-state index in [-0.39, 0.29) is 6.61 Å². The Morgan fingerprint density at radius 2 is 2.08 bits per heavy atom. The summed E-state index contributed by atoms with van der Waals surface area (Å²) < 4.78 is 16.0. The van der Waals surface area contributed by atoms with Crippen LogP contribution in [0, 0.1) is 0 Å². The van der Waals surface area contributed by atoms with Crippen LogP contribution in [0.4, 0.5) is 0 Å². The molecular weight excluding hydrogens is 370 g/mol. The summed E-state index contributed by atoms with van der Waals surface area (Å²) in [6.07, 6.45) is 3.15. The Balaban J connectivity index is 1.66. The molecule has 1 aromatic carbocycles. The minimum absolute atomic E-state index is 0.121. The summed E-state index contributed by atoms with van der Waals surface area (Å²) in [7, 11) is 3.19. The second-order valence-corrected chi connectivity index (χ2v) is 6.82. The van der Waals surface area contributed by atoms with Gasteiger partial charge in [0.25, 0.3) is 0 Å². The third-order valence-electron chi connectivity index (χ3n) is 3.50. The molecule has 134 valence electrons. The lowest BCUT2D eigenvalue weighted by Gasteiger charge is -2.10. The van der Waals surface area contributed by atoms with Crippen LogP contribution in [0.1, 0.15) is 11.3 Å². The molecule has 0 aliphatic carbocycles. The molecule has 2 aromatic heterocycles. The predicted molar refractivity (Wildman–Crippen MR) is 104 cm³/mol. The monoisotopic (exact) mass is 387 g/mol. The van der Waals surface area contributed by atoms with Crippen molar-refractivity contribution < 1.29 is 19.0 Å². The molecule has 0 bridgehead atoms. The predicted octanol–water partition coefficient (Wildman–Crippen LogP) is 4.65. The third-order valence-corrected chi connectivity index (χ3v) is 5.13. The molecule has 7 heteroatoms. The quantitative estimate of drug-likeness (QED) is 0.436. The van der Waals surface area contributed by atoms with Crippen LogP contribution in [0.2, 0.25) is 0 Å². The molecule has 0 spiro atoms. The zero-order valence-corrected chi connectivity index (χ0v) is 15.9. The number of esters is 1. The molecule has 0 atom stereocenters. The van der Waals surface area contributed by atoms with Gasteiger partial charge in [0.1, 0.15) is 11.6 Å². The van der Waals surface area contributed by atoms with Gasteiger partial charge in [0.2, 0.25) is 0 Å². The maximum Gasteiger partial charge on any atom is 0.331 e. The van der Waals surface area contributed by atoms with E-state index in [4.69, 9.17) is 14.2 Å². The van der Waals surface area contributed by atoms with Crippen molar-refractivity contribution in [1.29, 1.82) is 0 Å².